The second-order valence-corrected chi connectivity index (χ2v) is 7.89. The normalized spacial score (nSPS) is 12.4. The first-order valence-electron chi connectivity index (χ1n) is 9.55. The molecule has 0 fully saturated rings. The van der Waals surface area contributed by atoms with Gasteiger partial charge in [-0.1, -0.05) is 55.9 Å². The minimum Gasteiger partial charge on any atom is -0.483 e. The molecule has 1 atom stereocenters. The summed E-state index contributed by atoms with van der Waals surface area (Å²) in [7, 11) is 0. The lowest BCUT2D eigenvalue weighted by Gasteiger charge is -2.16. The fourth-order valence-electron chi connectivity index (χ4n) is 2.95. The third-order valence-corrected chi connectivity index (χ3v) is 5.62. The summed E-state index contributed by atoms with van der Waals surface area (Å²) in [6.07, 6.45) is -0.236. The van der Waals surface area contributed by atoms with Crippen molar-refractivity contribution < 1.29 is 9.13 Å². The van der Waals surface area contributed by atoms with Crippen molar-refractivity contribution in [3.63, 3.8) is 0 Å². The molecule has 0 radical (unpaired) electrons. The Bertz CT molecular complexity index is 908. The van der Waals surface area contributed by atoms with E-state index in [0.29, 0.717) is 17.2 Å². The van der Waals surface area contributed by atoms with Crippen LogP contribution >= 0.6 is 11.8 Å². The summed E-state index contributed by atoms with van der Waals surface area (Å²) in [4.78, 5) is 0. The first-order valence-corrected chi connectivity index (χ1v) is 10.5. The number of nitrogens with zero attached hydrogens (tertiary/aromatic N) is 3. The molecule has 6 heteroatoms. The quantitative estimate of drug-likeness (QED) is 0.436. The van der Waals surface area contributed by atoms with Gasteiger partial charge < -0.3 is 9.30 Å². The van der Waals surface area contributed by atoms with Gasteiger partial charge in [-0.25, -0.2) is 4.39 Å². The molecular formula is C22H26FN3OS. The van der Waals surface area contributed by atoms with Crippen molar-refractivity contribution >= 4 is 11.8 Å². The average molecular weight is 400 g/mol. The second kappa shape index (κ2) is 9.24. The summed E-state index contributed by atoms with van der Waals surface area (Å²) in [5.41, 5.74) is 1.94. The van der Waals surface area contributed by atoms with Crippen LogP contribution in [-0.2, 0) is 12.3 Å². The molecule has 0 amide bonds. The largest absolute Gasteiger partial charge is 0.483 e. The smallest absolute Gasteiger partial charge is 0.191 e. The zero-order chi connectivity index (χ0) is 20.1. The minimum absolute atomic E-state index is 0.195. The van der Waals surface area contributed by atoms with Crippen molar-refractivity contribution in [3.05, 3.63) is 71.3 Å². The number of benzene rings is 2. The number of hydrogen-bond donors (Lipinski definition) is 0. The van der Waals surface area contributed by atoms with Gasteiger partial charge in [-0.3, -0.25) is 0 Å². The van der Waals surface area contributed by atoms with Crippen LogP contribution in [0.15, 0.2) is 53.7 Å². The van der Waals surface area contributed by atoms with E-state index >= 15 is 0 Å². The van der Waals surface area contributed by atoms with Crippen molar-refractivity contribution in [2.24, 2.45) is 0 Å². The Morgan fingerprint density at radius 1 is 1.04 bits per heavy atom. The molecule has 2 aromatic carbocycles. The van der Waals surface area contributed by atoms with E-state index in [2.05, 4.69) is 36.2 Å². The maximum absolute atomic E-state index is 13.9. The van der Waals surface area contributed by atoms with E-state index in [-0.39, 0.29) is 11.9 Å². The molecule has 3 aromatic rings. The molecule has 1 heterocycles. The van der Waals surface area contributed by atoms with Crippen LogP contribution in [0.2, 0.25) is 0 Å². The Morgan fingerprint density at radius 3 is 2.39 bits per heavy atom. The molecule has 1 aromatic heterocycles. The molecule has 0 bridgehead atoms. The van der Waals surface area contributed by atoms with Gasteiger partial charge in [0.05, 0.1) is 0 Å². The van der Waals surface area contributed by atoms with Crippen molar-refractivity contribution in [1.29, 1.82) is 0 Å². The van der Waals surface area contributed by atoms with Crippen LogP contribution in [-0.4, -0.2) is 14.8 Å². The summed E-state index contributed by atoms with van der Waals surface area (Å²) in [6, 6.07) is 15.0. The standard InChI is InChI=1S/C22H26FN3OS/c1-5-26-21(16(4)27-19-12-10-17(11-13-19)15(2)3)24-25-22(26)28-14-18-8-6-7-9-20(18)23/h6-13,15-16H,5,14H2,1-4H3. The Hall–Kier alpha value is -2.34. The number of ether oxygens (including phenoxy) is 1. The van der Waals surface area contributed by atoms with Gasteiger partial charge in [0.15, 0.2) is 17.1 Å². The summed E-state index contributed by atoms with van der Waals surface area (Å²) in [5.74, 6) is 2.38. The topological polar surface area (TPSA) is 39.9 Å². The Morgan fingerprint density at radius 2 is 1.75 bits per heavy atom. The molecule has 0 N–H and O–H groups in total. The lowest BCUT2D eigenvalue weighted by molar-refractivity contribution is 0.210. The Balaban J connectivity index is 1.70. The minimum atomic E-state index is -0.236. The zero-order valence-corrected chi connectivity index (χ0v) is 17.5. The third-order valence-electron chi connectivity index (χ3n) is 4.60. The number of hydrogen-bond acceptors (Lipinski definition) is 4. The highest BCUT2D eigenvalue weighted by Crippen LogP contribution is 2.28. The van der Waals surface area contributed by atoms with E-state index in [1.165, 1.54) is 23.4 Å². The Labute approximate surface area is 170 Å². The van der Waals surface area contributed by atoms with Gasteiger partial charge in [-0.15, -0.1) is 10.2 Å². The average Bonchev–Trinajstić information content (AvgIpc) is 3.11. The first-order chi connectivity index (χ1) is 13.5. The summed E-state index contributed by atoms with van der Waals surface area (Å²) in [5, 5.41) is 9.41. The number of aromatic nitrogens is 3. The van der Waals surface area contributed by atoms with Crippen molar-refractivity contribution in [1.82, 2.24) is 14.8 Å². The highest BCUT2D eigenvalue weighted by Gasteiger charge is 2.19. The van der Waals surface area contributed by atoms with Gasteiger partial charge in [0.2, 0.25) is 0 Å². The van der Waals surface area contributed by atoms with Crippen LogP contribution in [0, 0.1) is 5.82 Å². The molecule has 0 aliphatic carbocycles. The molecule has 0 aliphatic rings. The van der Waals surface area contributed by atoms with Gasteiger partial charge in [0.25, 0.3) is 0 Å². The van der Waals surface area contributed by atoms with Gasteiger partial charge in [-0.05, 0) is 49.1 Å². The molecule has 0 saturated carbocycles. The van der Waals surface area contributed by atoms with Crippen LogP contribution in [0.1, 0.15) is 56.7 Å². The molecule has 0 spiro atoms. The fraction of sp³-hybridized carbons (Fsp3) is 0.364. The lowest BCUT2D eigenvalue weighted by atomic mass is 10.0. The van der Waals surface area contributed by atoms with E-state index in [0.717, 1.165) is 23.3 Å². The zero-order valence-electron chi connectivity index (χ0n) is 16.7. The SMILES string of the molecule is CCn1c(SCc2ccccc2F)nnc1C(C)Oc1ccc(C(C)C)cc1. The number of rotatable bonds is 8. The van der Waals surface area contributed by atoms with E-state index in [1.807, 2.05) is 36.6 Å². The highest BCUT2D eigenvalue weighted by molar-refractivity contribution is 7.98. The van der Waals surface area contributed by atoms with Crippen molar-refractivity contribution in [2.75, 3.05) is 0 Å². The predicted octanol–water partition coefficient (Wildman–Crippen LogP) is 5.99. The van der Waals surface area contributed by atoms with E-state index in [4.69, 9.17) is 4.74 Å². The van der Waals surface area contributed by atoms with Crippen LogP contribution in [0.25, 0.3) is 0 Å². The molecule has 0 saturated heterocycles. The fourth-order valence-corrected chi connectivity index (χ4v) is 3.95. The second-order valence-electron chi connectivity index (χ2n) is 6.95. The molecular weight excluding hydrogens is 373 g/mol. The molecule has 0 aliphatic heterocycles. The molecule has 4 nitrogen and oxygen atoms in total. The molecule has 28 heavy (non-hydrogen) atoms. The predicted molar refractivity (Wildman–Crippen MR) is 111 cm³/mol. The molecule has 3 rings (SSSR count). The van der Waals surface area contributed by atoms with Crippen molar-refractivity contribution in [3.8, 4) is 5.75 Å². The maximum atomic E-state index is 13.9. The number of halogens is 1. The summed E-state index contributed by atoms with van der Waals surface area (Å²) >= 11 is 1.48. The lowest BCUT2D eigenvalue weighted by Crippen LogP contribution is -2.12. The number of thioether (sulfide) groups is 1. The van der Waals surface area contributed by atoms with Crippen LogP contribution in [0.5, 0.6) is 5.75 Å². The van der Waals surface area contributed by atoms with Crippen LogP contribution in [0.4, 0.5) is 4.39 Å². The van der Waals surface area contributed by atoms with Crippen molar-refractivity contribution in [2.45, 2.75) is 57.2 Å². The summed E-state index contributed by atoms with van der Waals surface area (Å²) in [6.45, 7) is 9.08. The summed E-state index contributed by atoms with van der Waals surface area (Å²) < 4.78 is 22.0. The van der Waals surface area contributed by atoms with Gasteiger partial charge in [0.1, 0.15) is 11.6 Å². The van der Waals surface area contributed by atoms with Gasteiger partial charge in [-0.2, -0.15) is 0 Å². The van der Waals surface area contributed by atoms with Gasteiger partial charge >= 0.3 is 0 Å². The molecule has 1 unspecified atom stereocenters. The highest BCUT2D eigenvalue weighted by atomic mass is 32.2. The third kappa shape index (κ3) is 4.73. The monoisotopic (exact) mass is 399 g/mol. The van der Waals surface area contributed by atoms with Crippen LogP contribution in [0.3, 0.4) is 0 Å². The first kappa shape index (κ1) is 20.4. The molecule has 148 valence electrons. The maximum Gasteiger partial charge on any atom is 0.191 e. The van der Waals surface area contributed by atoms with E-state index in [1.54, 1.807) is 12.1 Å². The Kier molecular flexibility index (Phi) is 6.73. The van der Waals surface area contributed by atoms with E-state index in [9.17, 15) is 4.39 Å². The van der Waals surface area contributed by atoms with Crippen LogP contribution < -0.4 is 4.74 Å². The van der Waals surface area contributed by atoms with E-state index < -0.39 is 0 Å². The van der Waals surface area contributed by atoms with Gasteiger partial charge in [0, 0.05) is 12.3 Å².